The lowest BCUT2D eigenvalue weighted by Crippen LogP contribution is -2.41. The zero-order valence-electron chi connectivity index (χ0n) is 23.2. The van der Waals surface area contributed by atoms with Gasteiger partial charge in [0.2, 0.25) is 5.82 Å². The summed E-state index contributed by atoms with van der Waals surface area (Å²) in [5.41, 5.74) is -0.916. The van der Waals surface area contributed by atoms with Crippen molar-refractivity contribution in [3.63, 3.8) is 0 Å². The molecule has 4 atom stereocenters. The molecule has 3 aromatic carbocycles. The molecule has 11 heteroatoms. The number of aliphatic hydroxyl groups excluding tert-OH is 1. The van der Waals surface area contributed by atoms with Crippen molar-refractivity contribution in [2.45, 2.75) is 30.1 Å². The highest BCUT2D eigenvalue weighted by Gasteiger charge is 2.47. The van der Waals surface area contributed by atoms with Crippen LogP contribution in [0.1, 0.15) is 22.9 Å². The average Bonchev–Trinajstić information content (AvgIpc) is 3.34. The SMILES string of the molecule is COc1ccc(C(OC[C@H]2O[C@@H](n3cc(F)c(=O)[nH]c3=O)[C@H](OC)[C@@H]2O)(c2ccccc2)c2ccc(OC)cc2)cc1. The first-order valence-electron chi connectivity index (χ1n) is 13.2. The molecule has 1 aromatic heterocycles. The first-order chi connectivity index (χ1) is 20.3. The maximum Gasteiger partial charge on any atom is 0.330 e. The molecule has 1 aliphatic heterocycles. The van der Waals surface area contributed by atoms with Crippen LogP contribution in [0.25, 0.3) is 0 Å². The Balaban J connectivity index is 1.57. The minimum absolute atomic E-state index is 0.162. The van der Waals surface area contributed by atoms with Crippen molar-refractivity contribution in [1.82, 2.24) is 9.55 Å². The van der Waals surface area contributed by atoms with E-state index in [2.05, 4.69) is 0 Å². The molecule has 0 amide bonds. The molecule has 0 unspecified atom stereocenters. The predicted molar refractivity (Wildman–Crippen MR) is 150 cm³/mol. The summed E-state index contributed by atoms with van der Waals surface area (Å²) in [6, 6.07) is 24.5. The lowest BCUT2D eigenvalue weighted by Gasteiger charge is -2.37. The van der Waals surface area contributed by atoms with Gasteiger partial charge in [-0.3, -0.25) is 14.3 Å². The van der Waals surface area contributed by atoms with Crippen molar-refractivity contribution in [1.29, 1.82) is 0 Å². The third kappa shape index (κ3) is 5.35. The van der Waals surface area contributed by atoms with Crippen molar-refractivity contribution in [2.24, 2.45) is 0 Å². The Morgan fingerprint density at radius 2 is 1.43 bits per heavy atom. The molecule has 42 heavy (non-hydrogen) atoms. The highest BCUT2D eigenvalue weighted by Crippen LogP contribution is 2.43. The van der Waals surface area contributed by atoms with Crippen molar-refractivity contribution in [3.05, 3.63) is 128 Å². The van der Waals surface area contributed by atoms with Gasteiger partial charge in [0.25, 0.3) is 5.56 Å². The number of nitrogens with one attached hydrogen (secondary N) is 1. The van der Waals surface area contributed by atoms with Crippen LogP contribution in [-0.4, -0.2) is 60.9 Å². The maximum absolute atomic E-state index is 14.1. The Morgan fingerprint density at radius 1 is 0.881 bits per heavy atom. The molecule has 0 saturated carbocycles. The summed E-state index contributed by atoms with van der Waals surface area (Å²) in [7, 11) is 4.50. The molecular formula is C31H31FN2O8. The van der Waals surface area contributed by atoms with Gasteiger partial charge in [0.15, 0.2) is 6.23 Å². The number of ether oxygens (including phenoxy) is 5. The summed E-state index contributed by atoms with van der Waals surface area (Å²) in [5, 5.41) is 11.2. The fourth-order valence-electron chi connectivity index (χ4n) is 5.27. The third-order valence-electron chi connectivity index (χ3n) is 7.42. The van der Waals surface area contributed by atoms with Crippen molar-refractivity contribution >= 4 is 0 Å². The topological polar surface area (TPSA) is 121 Å². The number of aliphatic hydroxyl groups is 1. The number of aromatic nitrogens is 2. The van der Waals surface area contributed by atoms with Crippen LogP contribution < -0.4 is 20.7 Å². The van der Waals surface area contributed by atoms with Crippen molar-refractivity contribution < 1.29 is 33.2 Å². The number of halogens is 1. The van der Waals surface area contributed by atoms with Gasteiger partial charge in [-0.25, -0.2) is 4.79 Å². The molecule has 0 spiro atoms. The van der Waals surface area contributed by atoms with E-state index in [-0.39, 0.29) is 6.61 Å². The summed E-state index contributed by atoms with van der Waals surface area (Å²) in [6.07, 6.45) is -3.82. The van der Waals surface area contributed by atoms with Crippen LogP contribution in [0.3, 0.4) is 0 Å². The molecule has 1 fully saturated rings. The van der Waals surface area contributed by atoms with E-state index in [1.54, 1.807) is 14.2 Å². The molecule has 0 bridgehead atoms. The second-order valence-corrected chi connectivity index (χ2v) is 9.71. The largest absolute Gasteiger partial charge is 0.497 e. The highest BCUT2D eigenvalue weighted by atomic mass is 19.1. The molecule has 5 rings (SSSR count). The lowest BCUT2D eigenvalue weighted by atomic mass is 9.80. The summed E-state index contributed by atoms with van der Waals surface area (Å²) in [5.74, 6) is 0.146. The molecule has 2 heterocycles. The van der Waals surface area contributed by atoms with E-state index >= 15 is 0 Å². The minimum Gasteiger partial charge on any atom is -0.497 e. The minimum atomic E-state index is -1.26. The van der Waals surface area contributed by atoms with E-state index in [1.807, 2.05) is 83.8 Å². The first-order valence-corrected chi connectivity index (χ1v) is 13.2. The Hall–Kier alpha value is -4.29. The van der Waals surface area contributed by atoms with Gasteiger partial charge in [0, 0.05) is 7.11 Å². The van der Waals surface area contributed by atoms with E-state index in [9.17, 15) is 19.1 Å². The maximum atomic E-state index is 14.1. The zero-order valence-corrected chi connectivity index (χ0v) is 23.2. The zero-order chi connectivity index (χ0) is 29.9. The van der Waals surface area contributed by atoms with Gasteiger partial charge in [0.1, 0.15) is 35.4 Å². The molecule has 2 N–H and O–H groups in total. The number of nitrogens with zero attached hydrogens (tertiary/aromatic N) is 1. The van der Waals surface area contributed by atoms with E-state index < -0.39 is 47.2 Å². The fraction of sp³-hybridized carbons (Fsp3) is 0.290. The van der Waals surface area contributed by atoms with Crippen LogP contribution in [0.2, 0.25) is 0 Å². The van der Waals surface area contributed by atoms with Crippen LogP contribution in [0.5, 0.6) is 11.5 Å². The molecule has 1 aliphatic rings. The Bertz CT molecular complexity index is 1560. The standard InChI is InChI=1S/C31H31FN2O8/c1-38-22-13-9-20(10-14-22)31(19-7-5-4-6-8-19,21-11-15-23(39-2)16-12-21)41-18-25-26(35)27(40-3)29(42-25)34-17-24(32)28(36)33-30(34)37/h4-17,25-27,29,35H,18H2,1-3H3,(H,33,36,37)/t25-,26-,27-,29-/m1/s1. The molecular weight excluding hydrogens is 547 g/mol. The summed E-state index contributed by atoms with van der Waals surface area (Å²) < 4.78 is 44.0. The molecule has 220 valence electrons. The van der Waals surface area contributed by atoms with Gasteiger partial charge in [0.05, 0.1) is 27.0 Å². The van der Waals surface area contributed by atoms with Crippen LogP contribution in [0.15, 0.2) is 94.6 Å². The Morgan fingerprint density at radius 3 is 1.95 bits per heavy atom. The number of rotatable bonds is 10. The highest BCUT2D eigenvalue weighted by molar-refractivity contribution is 5.49. The average molecular weight is 579 g/mol. The van der Waals surface area contributed by atoms with Gasteiger partial charge in [-0.15, -0.1) is 0 Å². The monoisotopic (exact) mass is 578 g/mol. The van der Waals surface area contributed by atoms with Gasteiger partial charge in [-0.2, -0.15) is 4.39 Å². The molecule has 4 aromatic rings. The Labute approximate surface area is 240 Å². The first kappa shape index (κ1) is 29.2. The molecule has 0 aliphatic carbocycles. The molecule has 0 radical (unpaired) electrons. The number of hydrogen-bond donors (Lipinski definition) is 2. The lowest BCUT2D eigenvalue weighted by molar-refractivity contribution is -0.0969. The number of H-pyrrole nitrogens is 1. The van der Waals surface area contributed by atoms with E-state index in [0.29, 0.717) is 11.5 Å². The number of benzene rings is 3. The summed E-state index contributed by atoms with van der Waals surface area (Å²) >= 11 is 0. The second kappa shape index (κ2) is 12.3. The number of methoxy groups -OCH3 is 3. The second-order valence-electron chi connectivity index (χ2n) is 9.71. The van der Waals surface area contributed by atoms with Gasteiger partial charge in [-0.1, -0.05) is 54.6 Å². The smallest absolute Gasteiger partial charge is 0.330 e. The third-order valence-corrected chi connectivity index (χ3v) is 7.42. The van der Waals surface area contributed by atoms with E-state index in [1.165, 1.54) is 7.11 Å². The predicted octanol–water partition coefficient (Wildman–Crippen LogP) is 2.97. The molecule has 10 nitrogen and oxygen atoms in total. The van der Waals surface area contributed by atoms with E-state index in [0.717, 1.165) is 27.5 Å². The van der Waals surface area contributed by atoms with Crippen molar-refractivity contribution in [3.8, 4) is 11.5 Å². The normalized spacial score (nSPS) is 20.4. The Kier molecular flexibility index (Phi) is 8.55. The van der Waals surface area contributed by atoms with Gasteiger partial charge in [-0.05, 0) is 41.0 Å². The van der Waals surface area contributed by atoms with Gasteiger partial charge >= 0.3 is 5.69 Å². The van der Waals surface area contributed by atoms with Crippen LogP contribution in [0, 0.1) is 5.82 Å². The van der Waals surface area contributed by atoms with Gasteiger partial charge < -0.3 is 28.8 Å². The fourth-order valence-corrected chi connectivity index (χ4v) is 5.27. The molecule has 1 saturated heterocycles. The van der Waals surface area contributed by atoms with Crippen molar-refractivity contribution in [2.75, 3.05) is 27.9 Å². The summed E-state index contributed by atoms with van der Waals surface area (Å²) in [6.45, 7) is -0.162. The van der Waals surface area contributed by atoms with Crippen LogP contribution in [-0.2, 0) is 19.8 Å². The quantitative estimate of drug-likeness (QED) is 0.276. The number of hydrogen-bond acceptors (Lipinski definition) is 8. The number of aromatic amines is 1. The van der Waals surface area contributed by atoms with Crippen LogP contribution in [0.4, 0.5) is 4.39 Å². The van der Waals surface area contributed by atoms with Crippen LogP contribution >= 0.6 is 0 Å². The summed E-state index contributed by atoms with van der Waals surface area (Å²) in [4.78, 5) is 26.0. The van der Waals surface area contributed by atoms with E-state index in [4.69, 9.17) is 23.7 Å².